The Morgan fingerprint density at radius 2 is 2.00 bits per heavy atom. The van der Waals surface area contributed by atoms with Crippen molar-refractivity contribution in [1.29, 1.82) is 0 Å². The van der Waals surface area contributed by atoms with Crippen LogP contribution in [0.2, 0.25) is 10.0 Å². The lowest BCUT2D eigenvalue weighted by molar-refractivity contribution is -0.136. The van der Waals surface area contributed by atoms with Gasteiger partial charge in [0.1, 0.15) is 6.04 Å². The third-order valence-corrected chi connectivity index (χ3v) is 3.90. The fourth-order valence-corrected chi connectivity index (χ4v) is 2.21. The molecule has 102 valence electrons. The van der Waals surface area contributed by atoms with Gasteiger partial charge in [0.15, 0.2) is 0 Å². The number of hydrogen-bond acceptors (Lipinski definition) is 2. The molecule has 19 heavy (non-hydrogen) atoms. The van der Waals surface area contributed by atoms with Crippen LogP contribution in [-0.4, -0.2) is 35.8 Å². The van der Waals surface area contributed by atoms with E-state index in [0.717, 1.165) is 19.5 Å². The van der Waals surface area contributed by atoms with E-state index in [4.69, 9.17) is 23.2 Å². The molecule has 0 radical (unpaired) electrons. The van der Waals surface area contributed by atoms with Gasteiger partial charge in [-0.25, -0.2) is 0 Å². The molecule has 0 bridgehead atoms. The first-order valence-electron chi connectivity index (χ1n) is 6.04. The van der Waals surface area contributed by atoms with Crippen molar-refractivity contribution >= 4 is 35.0 Å². The third kappa shape index (κ3) is 3.01. The first-order chi connectivity index (χ1) is 9.00. The van der Waals surface area contributed by atoms with E-state index in [-0.39, 0.29) is 16.5 Å². The van der Waals surface area contributed by atoms with Gasteiger partial charge < -0.3 is 10.2 Å². The van der Waals surface area contributed by atoms with Gasteiger partial charge in [-0.2, -0.15) is 0 Å². The van der Waals surface area contributed by atoms with Gasteiger partial charge in [-0.15, -0.1) is 0 Å². The molecule has 0 saturated carbocycles. The maximum absolute atomic E-state index is 12.0. The first-order valence-corrected chi connectivity index (χ1v) is 6.80. The van der Waals surface area contributed by atoms with Crippen LogP contribution in [0, 0.1) is 0 Å². The van der Waals surface area contributed by atoms with E-state index < -0.39 is 11.9 Å². The molecule has 1 aromatic carbocycles. The van der Waals surface area contributed by atoms with Gasteiger partial charge in [0.2, 0.25) is 5.91 Å². The second-order valence-corrected chi connectivity index (χ2v) is 5.26. The van der Waals surface area contributed by atoms with Crippen molar-refractivity contribution in [3.05, 3.63) is 33.8 Å². The van der Waals surface area contributed by atoms with E-state index in [1.165, 1.54) is 0 Å². The van der Waals surface area contributed by atoms with Crippen molar-refractivity contribution in [3.63, 3.8) is 0 Å². The number of halogens is 2. The van der Waals surface area contributed by atoms with Crippen LogP contribution in [0.4, 0.5) is 0 Å². The fraction of sp³-hybridized carbons (Fsp3) is 0.385. The molecule has 0 aromatic heterocycles. The summed E-state index contributed by atoms with van der Waals surface area (Å²) >= 11 is 11.8. The summed E-state index contributed by atoms with van der Waals surface area (Å²) in [7, 11) is 0. The summed E-state index contributed by atoms with van der Waals surface area (Å²) in [6.45, 7) is 3.19. The molecule has 1 aliphatic rings. The molecule has 4 nitrogen and oxygen atoms in total. The Labute approximate surface area is 121 Å². The molecule has 1 N–H and O–H groups in total. The predicted octanol–water partition coefficient (Wildman–Crippen LogP) is 2.34. The molecule has 0 unspecified atom stereocenters. The van der Waals surface area contributed by atoms with Crippen LogP contribution in [0.3, 0.4) is 0 Å². The molecule has 6 heteroatoms. The van der Waals surface area contributed by atoms with Crippen LogP contribution >= 0.6 is 23.2 Å². The van der Waals surface area contributed by atoms with Crippen molar-refractivity contribution in [2.24, 2.45) is 0 Å². The monoisotopic (exact) mass is 300 g/mol. The van der Waals surface area contributed by atoms with E-state index in [1.54, 1.807) is 30.0 Å². The lowest BCUT2D eigenvalue weighted by Crippen LogP contribution is -2.51. The van der Waals surface area contributed by atoms with Crippen LogP contribution in [0.15, 0.2) is 18.2 Å². The van der Waals surface area contributed by atoms with Crippen molar-refractivity contribution in [2.75, 3.05) is 13.1 Å². The van der Waals surface area contributed by atoms with Gasteiger partial charge in [0.25, 0.3) is 5.91 Å². The minimum Gasteiger partial charge on any atom is -0.341 e. The number of benzene rings is 1. The van der Waals surface area contributed by atoms with E-state index in [1.807, 2.05) is 0 Å². The molecule has 1 atom stereocenters. The Morgan fingerprint density at radius 1 is 1.32 bits per heavy atom. The van der Waals surface area contributed by atoms with Crippen LogP contribution in [0.5, 0.6) is 0 Å². The van der Waals surface area contributed by atoms with Crippen molar-refractivity contribution < 1.29 is 9.59 Å². The number of likely N-dealkylation sites (tertiary alicyclic amines) is 1. The van der Waals surface area contributed by atoms with Gasteiger partial charge in [-0.1, -0.05) is 29.3 Å². The average Bonchev–Trinajstić information content (AvgIpc) is 2.30. The van der Waals surface area contributed by atoms with Crippen molar-refractivity contribution in [1.82, 2.24) is 10.2 Å². The molecular formula is C13H14Cl2N2O2. The van der Waals surface area contributed by atoms with Crippen LogP contribution in [0.1, 0.15) is 23.7 Å². The summed E-state index contributed by atoms with van der Waals surface area (Å²) in [5.41, 5.74) is 0.275. The highest BCUT2D eigenvalue weighted by Gasteiger charge is 2.26. The summed E-state index contributed by atoms with van der Waals surface area (Å²) in [6.07, 6.45) is 1.02. The average molecular weight is 301 g/mol. The van der Waals surface area contributed by atoms with E-state index in [0.29, 0.717) is 5.02 Å². The molecule has 2 rings (SSSR count). The Morgan fingerprint density at radius 3 is 2.58 bits per heavy atom. The molecule has 2 amide bonds. The molecule has 1 heterocycles. The first kappa shape index (κ1) is 14.2. The Bertz CT molecular complexity index is 515. The number of carbonyl (C=O) groups excluding carboxylic acids is 2. The maximum Gasteiger partial charge on any atom is 0.253 e. The minimum atomic E-state index is -0.567. The molecule has 1 fully saturated rings. The highest BCUT2D eigenvalue weighted by molar-refractivity contribution is 6.43. The highest BCUT2D eigenvalue weighted by atomic mass is 35.5. The number of nitrogens with zero attached hydrogens (tertiary/aromatic N) is 1. The minimum absolute atomic E-state index is 0.0715. The summed E-state index contributed by atoms with van der Waals surface area (Å²) in [5.74, 6) is -0.466. The van der Waals surface area contributed by atoms with Crippen molar-refractivity contribution in [2.45, 2.75) is 19.4 Å². The Balaban J connectivity index is 2.04. The van der Waals surface area contributed by atoms with E-state index >= 15 is 0 Å². The standard InChI is InChI=1S/C13H14Cl2N2O2/c1-8(13(19)17-6-3-7-17)16-12(18)9-4-2-5-10(14)11(9)15/h2,4-5,8H,3,6-7H2,1H3,(H,16,18)/t8-/m0/s1. The van der Waals surface area contributed by atoms with Crippen LogP contribution in [-0.2, 0) is 4.79 Å². The van der Waals surface area contributed by atoms with Gasteiger partial charge in [-0.3, -0.25) is 9.59 Å². The van der Waals surface area contributed by atoms with E-state index in [2.05, 4.69) is 5.32 Å². The molecule has 1 saturated heterocycles. The third-order valence-electron chi connectivity index (χ3n) is 3.08. The Hall–Kier alpha value is -1.26. The second-order valence-electron chi connectivity index (χ2n) is 4.48. The topological polar surface area (TPSA) is 49.4 Å². The largest absolute Gasteiger partial charge is 0.341 e. The summed E-state index contributed by atoms with van der Waals surface area (Å²) in [4.78, 5) is 25.6. The molecule has 0 aliphatic carbocycles. The number of amides is 2. The summed E-state index contributed by atoms with van der Waals surface area (Å²) in [6, 6.07) is 4.26. The zero-order valence-corrected chi connectivity index (χ0v) is 12.0. The lowest BCUT2D eigenvalue weighted by Gasteiger charge is -2.33. The molecular weight excluding hydrogens is 287 g/mol. The summed E-state index contributed by atoms with van der Waals surface area (Å²) < 4.78 is 0. The Kier molecular flexibility index (Phi) is 4.32. The van der Waals surface area contributed by atoms with Gasteiger partial charge in [0, 0.05) is 13.1 Å². The number of nitrogens with one attached hydrogen (secondary N) is 1. The molecule has 1 aromatic rings. The quantitative estimate of drug-likeness (QED) is 0.931. The number of hydrogen-bond donors (Lipinski definition) is 1. The fourth-order valence-electron chi connectivity index (χ4n) is 1.83. The predicted molar refractivity (Wildman–Crippen MR) is 74.6 cm³/mol. The maximum atomic E-state index is 12.0. The van der Waals surface area contributed by atoms with Crippen LogP contribution < -0.4 is 5.32 Å². The molecule has 1 aliphatic heterocycles. The van der Waals surface area contributed by atoms with E-state index in [9.17, 15) is 9.59 Å². The normalized spacial score (nSPS) is 15.6. The lowest BCUT2D eigenvalue weighted by atomic mass is 10.1. The van der Waals surface area contributed by atoms with Crippen molar-refractivity contribution in [3.8, 4) is 0 Å². The zero-order chi connectivity index (χ0) is 14.0. The van der Waals surface area contributed by atoms with Gasteiger partial charge in [-0.05, 0) is 25.5 Å². The number of rotatable bonds is 3. The van der Waals surface area contributed by atoms with Gasteiger partial charge >= 0.3 is 0 Å². The SMILES string of the molecule is C[C@H](NC(=O)c1cccc(Cl)c1Cl)C(=O)N1CCC1. The zero-order valence-electron chi connectivity index (χ0n) is 10.5. The summed E-state index contributed by atoms with van der Waals surface area (Å²) in [5, 5.41) is 3.15. The highest BCUT2D eigenvalue weighted by Crippen LogP contribution is 2.25. The molecule has 0 spiro atoms. The van der Waals surface area contributed by atoms with Gasteiger partial charge in [0.05, 0.1) is 15.6 Å². The van der Waals surface area contributed by atoms with Crippen LogP contribution in [0.25, 0.3) is 0 Å². The number of carbonyl (C=O) groups is 2. The second kappa shape index (κ2) is 5.80. The smallest absolute Gasteiger partial charge is 0.253 e.